The second kappa shape index (κ2) is 8.02. The molecule has 1 aromatic heterocycles. The summed E-state index contributed by atoms with van der Waals surface area (Å²) in [6, 6.07) is 9.24. The minimum atomic E-state index is 0. The highest BCUT2D eigenvalue weighted by Gasteiger charge is 2.26. The number of aromatic nitrogens is 2. The Hall–Kier alpha value is -1.01. The number of benzene rings is 1. The Morgan fingerprint density at radius 1 is 1.32 bits per heavy atom. The first-order valence-corrected chi connectivity index (χ1v) is 8.55. The lowest BCUT2D eigenvalue weighted by Crippen LogP contribution is -2.46. The van der Waals surface area contributed by atoms with Crippen LogP contribution in [-0.4, -0.2) is 40.3 Å². The zero-order chi connectivity index (χ0) is 14.7. The molecule has 0 spiro atoms. The highest BCUT2D eigenvalue weighted by molar-refractivity contribution is 7.98. The van der Waals surface area contributed by atoms with Crippen LogP contribution in [-0.2, 0) is 13.6 Å². The fourth-order valence-corrected chi connectivity index (χ4v) is 3.26. The van der Waals surface area contributed by atoms with Gasteiger partial charge < -0.3 is 9.88 Å². The van der Waals surface area contributed by atoms with Gasteiger partial charge in [0.2, 0.25) is 0 Å². The molecule has 120 valence electrons. The maximum atomic E-state index is 4.54. The summed E-state index contributed by atoms with van der Waals surface area (Å²) in [6.07, 6.45) is 6.02. The number of halogens is 1. The van der Waals surface area contributed by atoms with Crippen molar-refractivity contribution in [2.45, 2.75) is 17.5 Å². The number of hydrogen-bond donors (Lipinski definition) is 1. The molecule has 0 radical (unpaired) electrons. The first-order valence-electron chi connectivity index (χ1n) is 7.33. The third-order valence-corrected chi connectivity index (χ3v) is 4.80. The SMILES string of the molecule is CSc1ccc(CN2CCNCC2c2nccn2C)cc1.Cl. The number of rotatable bonds is 4. The smallest absolute Gasteiger partial charge is 0.127 e. The van der Waals surface area contributed by atoms with Crippen molar-refractivity contribution in [1.82, 2.24) is 19.8 Å². The van der Waals surface area contributed by atoms with Crippen LogP contribution in [0, 0.1) is 0 Å². The Bertz CT molecular complexity index is 584. The number of piperazine rings is 1. The molecule has 6 heteroatoms. The molecular formula is C16H23ClN4S. The lowest BCUT2D eigenvalue weighted by molar-refractivity contribution is 0.144. The average molecular weight is 339 g/mol. The number of imidazole rings is 1. The van der Waals surface area contributed by atoms with Crippen LogP contribution in [0.4, 0.5) is 0 Å². The minimum absolute atomic E-state index is 0. The highest BCUT2D eigenvalue weighted by atomic mass is 35.5. The molecule has 1 fully saturated rings. The van der Waals surface area contributed by atoms with Gasteiger partial charge in [-0.05, 0) is 24.0 Å². The summed E-state index contributed by atoms with van der Waals surface area (Å²) in [6.45, 7) is 4.05. The molecule has 1 atom stereocenters. The van der Waals surface area contributed by atoms with Gasteiger partial charge in [0.25, 0.3) is 0 Å². The summed E-state index contributed by atoms with van der Waals surface area (Å²) in [4.78, 5) is 8.38. The van der Waals surface area contributed by atoms with Crippen LogP contribution in [0.25, 0.3) is 0 Å². The zero-order valence-electron chi connectivity index (χ0n) is 13.0. The number of hydrogen-bond acceptors (Lipinski definition) is 4. The van der Waals surface area contributed by atoms with Crippen LogP contribution < -0.4 is 5.32 Å². The molecule has 0 amide bonds. The Morgan fingerprint density at radius 3 is 2.73 bits per heavy atom. The van der Waals surface area contributed by atoms with E-state index in [2.05, 4.69) is 57.3 Å². The van der Waals surface area contributed by atoms with Gasteiger partial charge in [-0.2, -0.15) is 0 Å². The van der Waals surface area contributed by atoms with Crippen LogP contribution in [0.5, 0.6) is 0 Å². The largest absolute Gasteiger partial charge is 0.337 e. The molecule has 22 heavy (non-hydrogen) atoms. The van der Waals surface area contributed by atoms with Gasteiger partial charge in [-0.1, -0.05) is 12.1 Å². The molecule has 1 saturated heterocycles. The van der Waals surface area contributed by atoms with Crippen molar-refractivity contribution in [3.8, 4) is 0 Å². The third kappa shape index (κ3) is 3.84. The van der Waals surface area contributed by atoms with Crippen LogP contribution in [0.15, 0.2) is 41.6 Å². The Balaban J connectivity index is 0.00000176. The van der Waals surface area contributed by atoms with E-state index in [9.17, 15) is 0 Å². The van der Waals surface area contributed by atoms with Gasteiger partial charge in [0, 0.05) is 50.5 Å². The van der Waals surface area contributed by atoms with Crippen molar-refractivity contribution < 1.29 is 0 Å². The second-order valence-corrected chi connectivity index (χ2v) is 6.31. The molecule has 2 aromatic rings. The average Bonchev–Trinajstić information content (AvgIpc) is 2.95. The van der Waals surface area contributed by atoms with E-state index in [0.29, 0.717) is 6.04 Å². The van der Waals surface area contributed by atoms with E-state index in [4.69, 9.17) is 0 Å². The van der Waals surface area contributed by atoms with Gasteiger partial charge >= 0.3 is 0 Å². The van der Waals surface area contributed by atoms with E-state index in [-0.39, 0.29) is 12.4 Å². The summed E-state index contributed by atoms with van der Waals surface area (Å²) in [5.41, 5.74) is 1.37. The van der Waals surface area contributed by atoms with Gasteiger partial charge in [0.15, 0.2) is 0 Å². The molecule has 0 aliphatic carbocycles. The molecule has 1 unspecified atom stereocenters. The molecular weight excluding hydrogens is 316 g/mol. The van der Waals surface area contributed by atoms with Crippen LogP contribution in [0.2, 0.25) is 0 Å². The Labute approximate surface area is 142 Å². The topological polar surface area (TPSA) is 33.1 Å². The fraction of sp³-hybridized carbons (Fsp3) is 0.438. The maximum Gasteiger partial charge on any atom is 0.127 e. The first-order chi connectivity index (χ1) is 10.3. The molecule has 1 N–H and O–H groups in total. The lowest BCUT2D eigenvalue weighted by Gasteiger charge is -2.35. The minimum Gasteiger partial charge on any atom is -0.337 e. The van der Waals surface area contributed by atoms with Crippen LogP contribution in [0.1, 0.15) is 17.4 Å². The van der Waals surface area contributed by atoms with E-state index in [1.165, 1.54) is 10.5 Å². The van der Waals surface area contributed by atoms with Gasteiger partial charge in [0.05, 0.1) is 6.04 Å². The fourth-order valence-electron chi connectivity index (χ4n) is 2.85. The van der Waals surface area contributed by atoms with E-state index >= 15 is 0 Å². The molecule has 0 saturated carbocycles. The summed E-state index contributed by atoms with van der Waals surface area (Å²) in [7, 11) is 2.07. The van der Waals surface area contributed by atoms with Gasteiger partial charge in [-0.3, -0.25) is 4.90 Å². The third-order valence-electron chi connectivity index (χ3n) is 4.06. The summed E-state index contributed by atoms with van der Waals surface area (Å²) in [5, 5.41) is 3.49. The molecule has 1 aliphatic rings. The molecule has 2 heterocycles. The lowest BCUT2D eigenvalue weighted by atomic mass is 10.1. The van der Waals surface area contributed by atoms with Crippen molar-refractivity contribution in [3.05, 3.63) is 48.0 Å². The van der Waals surface area contributed by atoms with Crippen molar-refractivity contribution in [3.63, 3.8) is 0 Å². The predicted octanol–water partition coefficient (Wildman–Crippen LogP) is 2.71. The van der Waals surface area contributed by atoms with E-state index in [1.807, 2.05) is 12.4 Å². The number of nitrogens with one attached hydrogen (secondary N) is 1. The summed E-state index contributed by atoms with van der Waals surface area (Å²) in [5.74, 6) is 1.14. The standard InChI is InChI=1S/C16H22N4S.ClH/c1-19-9-8-18-16(19)15-11-17-7-10-20(15)12-13-3-5-14(21-2)6-4-13;/h3-6,8-9,15,17H,7,10-12H2,1-2H3;1H. The Kier molecular flexibility index (Phi) is 6.32. The normalized spacial score (nSPS) is 18.9. The molecule has 1 aromatic carbocycles. The Morgan fingerprint density at radius 2 is 2.09 bits per heavy atom. The van der Waals surface area contributed by atoms with Crippen molar-refractivity contribution in [2.24, 2.45) is 7.05 Å². The molecule has 3 rings (SSSR count). The first kappa shape index (κ1) is 17.3. The van der Waals surface area contributed by atoms with Crippen molar-refractivity contribution in [1.29, 1.82) is 0 Å². The zero-order valence-corrected chi connectivity index (χ0v) is 14.7. The molecule has 1 aliphatic heterocycles. The van der Waals surface area contributed by atoms with Crippen LogP contribution >= 0.6 is 24.2 Å². The summed E-state index contributed by atoms with van der Waals surface area (Å²) < 4.78 is 2.13. The quantitative estimate of drug-likeness (QED) is 0.869. The highest BCUT2D eigenvalue weighted by Crippen LogP contribution is 2.23. The van der Waals surface area contributed by atoms with E-state index in [1.54, 1.807) is 11.8 Å². The number of thioether (sulfide) groups is 1. The maximum absolute atomic E-state index is 4.54. The van der Waals surface area contributed by atoms with Crippen LogP contribution in [0.3, 0.4) is 0 Å². The van der Waals surface area contributed by atoms with Gasteiger partial charge in [0.1, 0.15) is 5.82 Å². The molecule has 0 bridgehead atoms. The van der Waals surface area contributed by atoms with Crippen molar-refractivity contribution in [2.75, 3.05) is 25.9 Å². The second-order valence-electron chi connectivity index (χ2n) is 5.43. The van der Waals surface area contributed by atoms with E-state index in [0.717, 1.165) is 32.0 Å². The van der Waals surface area contributed by atoms with Gasteiger partial charge in [-0.15, -0.1) is 24.2 Å². The van der Waals surface area contributed by atoms with E-state index < -0.39 is 0 Å². The number of aryl methyl sites for hydroxylation is 1. The van der Waals surface area contributed by atoms with Gasteiger partial charge in [-0.25, -0.2) is 4.98 Å². The predicted molar refractivity (Wildman–Crippen MR) is 94.7 cm³/mol. The van der Waals surface area contributed by atoms with Crippen molar-refractivity contribution >= 4 is 24.2 Å². The number of nitrogens with zero attached hydrogens (tertiary/aromatic N) is 3. The monoisotopic (exact) mass is 338 g/mol. The molecule has 4 nitrogen and oxygen atoms in total. The summed E-state index contributed by atoms with van der Waals surface area (Å²) >= 11 is 1.79.